The Morgan fingerprint density at radius 3 is 2.21 bits per heavy atom. The highest BCUT2D eigenvalue weighted by molar-refractivity contribution is 5.70. The summed E-state index contributed by atoms with van der Waals surface area (Å²) in [6.07, 6.45) is 12.8. The summed E-state index contributed by atoms with van der Waals surface area (Å²) in [7, 11) is 1.55. The van der Waals surface area contributed by atoms with Gasteiger partial charge in [-0.15, -0.1) is 0 Å². The summed E-state index contributed by atoms with van der Waals surface area (Å²) in [5.41, 5.74) is 2.24. The molecule has 214 valence electrons. The number of hydrogen-bond donors (Lipinski definition) is 1. The van der Waals surface area contributed by atoms with Crippen LogP contribution < -0.4 is 0 Å². The fourth-order valence-corrected chi connectivity index (χ4v) is 12.6. The van der Waals surface area contributed by atoms with Crippen LogP contribution >= 0.6 is 0 Å². The number of hydrogen-bond acceptors (Lipinski definition) is 3. The lowest BCUT2D eigenvalue weighted by molar-refractivity contribution is -0.243. The average Bonchev–Trinajstić information content (AvgIpc) is 3.21. The lowest BCUT2D eigenvalue weighted by Crippen LogP contribution is -2.66. The second-order valence-electron chi connectivity index (χ2n) is 16.0. The Morgan fingerprint density at radius 2 is 1.58 bits per heavy atom. The molecule has 5 aliphatic rings. The molecule has 10 atom stereocenters. The Bertz CT molecular complexity index is 998. The van der Waals surface area contributed by atoms with E-state index in [1.54, 1.807) is 7.11 Å². The van der Waals surface area contributed by atoms with Crippen LogP contribution in [0.3, 0.4) is 0 Å². The van der Waals surface area contributed by atoms with Gasteiger partial charge in [0.15, 0.2) is 0 Å². The van der Waals surface area contributed by atoms with Gasteiger partial charge >= 0.3 is 11.9 Å². The van der Waals surface area contributed by atoms with Crippen molar-refractivity contribution in [3.8, 4) is 0 Å². The van der Waals surface area contributed by atoms with E-state index in [-0.39, 0.29) is 39.0 Å². The molecule has 0 spiro atoms. The summed E-state index contributed by atoms with van der Waals surface area (Å²) in [5, 5.41) is 9.64. The summed E-state index contributed by atoms with van der Waals surface area (Å²) in [6, 6.07) is 0. The van der Waals surface area contributed by atoms with Gasteiger partial charge in [-0.3, -0.25) is 9.59 Å². The van der Waals surface area contributed by atoms with Crippen LogP contribution in [0, 0.1) is 62.6 Å². The van der Waals surface area contributed by atoms with Crippen molar-refractivity contribution in [1.82, 2.24) is 0 Å². The number of fused-ring (bicyclic) bond motifs is 7. The molecule has 0 bridgehead atoms. The Balaban J connectivity index is 1.50. The van der Waals surface area contributed by atoms with E-state index < -0.39 is 5.97 Å². The first kappa shape index (κ1) is 28.2. The second kappa shape index (κ2) is 9.10. The molecule has 0 aromatic carbocycles. The second-order valence-corrected chi connectivity index (χ2v) is 16.0. The zero-order valence-corrected chi connectivity index (χ0v) is 25.3. The first-order valence-corrected chi connectivity index (χ1v) is 15.6. The maximum Gasteiger partial charge on any atom is 0.306 e. The first-order valence-electron chi connectivity index (χ1n) is 15.6. The molecule has 0 aromatic heterocycles. The van der Waals surface area contributed by atoms with E-state index >= 15 is 0 Å². The molecule has 5 rings (SSSR count). The number of aliphatic carboxylic acids is 1. The Hall–Kier alpha value is -1.32. The van der Waals surface area contributed by atoms with Gasteiger partial charge in [0.25, 0.3) is 0 Å². The number of ether oxygens (including phenoxy) is 1. The standard InChI is InChI=1S/C34H54O4/c1-21(2)23-12-16-34(20-28(37)38-8)18-17-32(6)24(29(23)34)9-10-26-31(5)14-11-22(19-27(35)36)30(3,4)25(31)13-15-33(26,32)7/h22-26,29H,1,9-20H2,2-8H3,(H,35,36)/t22-,23+,24-,25+,26-,29-,31-,32+,33+,34+/m0/s1. The highest BCUT2D eigenvalue weighted by atomic mass is 16.5. The van der Waals surface area contributed by atoms with Gasteiger partial charge in [-0.2, -0.15) is 0 Å². The van der Waals surface area contributed by atoms with Crippen molar-refractivity contribution in [3.63, 3.8) is 0 Å². The van der Waals surface area contributed by atoms with Crippen LogP contribution in [0.15, 0.2) is 12.2 Å². The van der Waals surface area contributed by atoms with Crippen molar-refractivity contribution < 1.29 is 19.4 Å². The highest BCUT2D eigenvalue weighted by Crippen LogP contribution is 2.78. The largest absolute Gasteiger partial charge is 0.481 e. The van der Waals surface area contributed by atoms with E-state index in [2.05, 4.69) is 48.1 Å². The predicted octanol–water partition coefficient (Wildman–Crippen LogP) is 8.30. The third-order valence-corrected chi connectivity index (χ3v) is 14.6. The van der Waals surface area contributed by atoms with E-state index in [4.69, 9.17) is 4.74 Å². The Kier molecular flexibility index (Phi) is 6.76. The van der Waals surface area contributed by atoms with Crippen molar-refractivity contribution in [2.75, 3.05) is 7.11 Å². The minimum Gasteiger partial charge on any atom is -0.481 e. The van der Waals surface area contributed by atoms with Gasteiger partial charge in [0.1, 0.15) is 0 Å². The lowest BCUT2D eigenvalue weighted by atomic mass is 9.31. The summed E-state index contributed by atoms with van der Waals surface area (Å²) >= 11 is 0. The highest BCUT2D eigenvalue weighted by Gasteiger charge is 2.71. The maximum atomic E-state index is 12.7. The number of esters is 1. The molecule has 0 aliphatic heterocycles. The van der Waals surface area contributed by atoms with Crippen LogP contribution in [0.2, 0.25) is 0 Å². The molecule has 0 heterocycles. The minimum atomic E-state index is -0.637. The number of carboxylic acid groups (broad SMARTS) is 1. The summed E-state index contributed by atoms with van der Waals surface area (Å²) in [5.74, 6) is 2.54. The van der Waals surface area contributed by atoms with E-state index in [9.17, 15) is 14.7 Å². The van der Waals surface area contributed by atoms with Crippen LogP contribution in [0.1, 0.15) is 119 Å². The van der Waals surface area contributed by atoms with Crippen LogP contribution in [0.4, 0.5) is 0 Å². The first-order chi connectivity index (χ1) is 17.7. The molecule has 38 heavy (non-hydrogen) atoms. The quantitative estimate of drug-likeness (QED) is 0.289. The third kappa shape index (κ3) is 3.73. The van der Waals surface area contributed by atoms with Crippen LogP contribution in [0.25, 0.3) is 0 Å². The minimum absolute atomic E-state index is 0.0331. The molecule has 4 heteroatoms. The number of carboxylic acids is 1. The third-order valence-electron chi connectivity index (χ3n) is 14.6. The molecule has 0 amide bonds. The fraction of sp³-hybridized carbons (Fsp3) is 0.882. The smallest absolute Gasteiger partial charge is 0.306 e. The SMILES string of the molecule is C=C(C)[C@H]1CC[C@]2(CC(=O)OC)CC[C@]3(C)[C@@H](CC[C@H]4[C@@]5(C)CC[C@@H](CC(=O)O)C(C)(C)[C@H]5CC[C@]43C)[C@H]12. The van der Waals surface area contributed by atoms with Crippen molar-refractivity contribution in [1.29, 1.82) is 0 Å². The molecule has 5 saturated carbocycles. The summed E-state index contributed by atoms with van der Waals surface area (Å²) < 4.78 is 5.24. The zero-order valence-electron chi connectivity index (χ0n) is 25.3. The predicted molar refractivity (Wildman–Crippen MR) is 151 cm³/mol. The molecule has 5 aliphatic carbocycles. The summed E-state index contributed by atoms with van der Waals surface area (Å²) in [4.78, 5) is 24.4. The molecular formula is C34H54O4. The topological polar surface area (TPSA) is 63.6 Å². The Morgan fingerprint density at radius 1 is 0.868 bits per heavy atom. The van der Waals surface area contributed by atoms with Crippen LogP contribution in [0.5, 0.6) is 0 Å². The van der Waals surface area contributed by atoms with E-state index in [1.807, 2.05) is 0 Å². The van der Waals surface area contributed by atoms with Crippen molar-refractivity contribution in [3.05, 3.63) is 12.2 Å². The maximum absolute atomic E-state index is 12.7. The molecule has 4 nitrogen and oxygen atoms in total. The van der Waals surface area contributed by atoms with Gasteiger partial charge in [0, 0.05) is 6.42 Å². The van der Waals surface area contributed by atoms with Crippen LogP contribution in [-0.2, 0) is 14.3 Å². The zero-order chi connectivity index (χ0) is 27.9. The van der Waals surface area contributed by atoms with E-state index in [0.717, 1.165) is 19.3 Å². The Labute approximate surface area is 231 Å². The van der Waals surface area contributed by atoms with E-state index in [0.29, 0.717) is 42.4 Å². The molecule has 0 unspecified atom stereocenters. The lowest BCUT2D eigenvalue weighted by Gasteiger charge is -2.73. The monoisotopic (exact) mass is 526 g/mol. The molecular weight excluding hydrogens is 472 g/mol. The van der Waals surface area contributed by atoms with Gasteiger partial charge in [-0.25, -0.2) is 0 Å². The number of carbonyl (C=O) groups is 2. The molecule has 0 saturated heterocycles. The van der Waals surface area contributed by atoms with Gasteiger partial charge in [0.05, 0.1) is 13.5 Å². The van der Waals surface area contributed by atoms with Crippen LogP contribution in [-0.4, -0.2) is 24.2 Å². The summed E-state index contributed by atoms with van der Waals surface area (Å²) in [6.45, 7) is 19.4. The molecule has 1 N–H and O–H groups in total. The van der Waals surface area contributed by atoms with E-state index in [1.165, 1.54) is 50.5 Å². The average molecular weight is 527 g/mol. The van der Waals surface area contributed by atoms with Gasteiger partial charge < -0.3 is 9.84 Å². The molecule has 5 fully saturated rings. The number of methoxy groups -OCH3 is 1. The molecule has 0 radical (unpaired) electrons. The number of rotatable bonds is 5. The molecule has 0 aromatic rings. The van der Waals surface area contributed by atoms with Gasteiger partial charge in [0.2, 0.25) is 0 Å². The number of carbonyl (C=O) groups excluding carboxylic acids is 1. The van der Waals surface area contributed by atoms with Gasteiger partial charge in [-0.05, 0) is 134 Å². The van der Waals surface area contributed by atoms with Crippen molar-refractivity contribution >= 4 is 11.9 Å². The van der Waals surface area contributed by atoms with Gasteiger partial charge in [-0.1, -0.05) is 46.8 Å². The number of allylic oxidation sites excluding steroid dienone is 1. The normalized spacial score (nSPS) is 49.1. The van der Waals surface area contributed by atoms with Crippen molar-refractivity contribution in [2.45, 2.75) is 119 Å². The fourth-order valence-electron chi connectivity index (χ4n) is 12.6. The van der Waals surface area contributed by atoms with Crippen molar-refractivity contribution in [2.24, 2.45) is 62.6 Å².